The molecule has 0 bridgehead atoms. The van der Waals surface area contributed by atoms with Gasteiger partial charge in [0.15, 0.2) is 0 Å². The van der Waals surface area contributed by atoms with Crippen molar-refractivity contribution in [3.8, 4) is 0 Å². The highest BCUT2D eigenvalue weighted by Crippen LogP contribution is 2.07. The van der Waals surface area contributed by atoms with Crippen molar-refractivity contribution in [1.82, 2.24) is 0 Å². The van der Waals surface area contributed by atoms with Crippen molar-refractivity contribution < 1.29 is 9.94 Å². The Hall–Kier alpha value is -0.900. The molecule has 0 heterocycles. The zero-order chi connectivity index (χ0) is 10.4. The first-order valence-corrected chi connectivity index (χ1v) is 4.80. The van der Waals surface area contributed by atoms with Crippen LogP contribution in [-0.2, 0) is 17.7 Å². The van der Waals surface area contributed by atoms with E-state index >= 15 is 0 Å². The Bertz CT molecular complexity index is 256. The lowest BCUT2D eigenvalue weighted by molar-refractivity contribution is 0.141. The third-order valence-electron chi connectivity index (χ3n) is 2.06. The van der Waals surface area contributed by atoms with Crippen molar-refractivity contribution in [2.24, 2.45) is 5.90 Å². The quantitative estimate of drug-likeness (QED) is 0.690. The molecule has 0 radical (unpaired) electrons. The van der Waals surface area contributed by atoms with Gasteiger partial charge in [-0.3, -0.25) is 0 Å². The van der Waals surface area contributed by atoms with Gasteiger partial charge in [0.1, 0.15) is 0 Å². The zero-order valence-corrected chi connectivity index (χ0v) is 8.44. The third kappa shape index (κ3) is 3.87. The van der Waals surface area contributed by atoms with Crippen LogP contribution in [0.15, 0.2) is 24.3 Å². The highest BCUT2D eigenvalue weighted by Gasteiger charge is 1.99. The van der Waals surface area contributed by atoms with E-state index in [4.69, 9.17) is 5.90 Å². The smallest absolute Gasteiger partial charge is 0.0719 e. The van der Waals surface area contributed by atoms with Crippen LogP contribution in [0.4, 0.5) is 0 Å². The maximum Gasteiger partial charge on any atom is 0.0719 e. The van der Waals surface area contributed by atoms with Gasteiger partial charge in [-0.1, -0.05) is 24.3 Å². The van der Waals surface area contributed by atoms with Crippen LogP contribution in [0.25, 0.3) is 0 Å². The molecule has 3 N–H and O–H groups in total. The van der Waals surface area contributed by atoms with E-state index in [1.807, 2.05) is 24.3 Å². The van der Waals surface area contributed by atoms with Crippen LogP contribution in [0.2, 0.25) is 0 Å². The van der Waals surface area contributed by atoms with Crippen molar-refractivity contribution in [1.29, 1.82) is 0 Å². The summed E-state index contributed by atoms with van der Waals surface area (Å²) in [6.45, 7) is 2.33. The molecule has 3 nitrogen and oxygen atoms in total. The molecule has 78 valence electrons. The second kappa shape index (κ2) is 5.75. The molecule has 0 spiro atoms. The predicted octanol–water partition coefficient (Wildman–Crippen LogP) is 1.04. The molecule has 1 rings (SSSR count). The molecule has 3 heteroatoms. The Morgan fingerprint density at radius 2 is 1.86 bits per heavy atom. The molecule has 0 amide bonds. The summed E-state index contributed by atoms with van der Waals surface area (Å²) in [7, 11) is 0. The maximum absolute atomic E-state index is 9.18. The highest BCUT2D eigenvalue weighted by atomic mass is 16.6. The van der Waals surface area contributed by atoms with Gasteiger partial charge < -0.3 is 9.94 Å². The monoisotopic (exact) mass is 195 g/mol. The largest absolute Gasteiger partial charge is 0.393 e. The Kier molecular flexibility index (Phi) is 4.59. The number of benzene rings is 1. The van der Waals surface area contributed by atoms with Crippen LogP contribution in [0, 0.1) is 0 Å². The van der Waals surface area contributed by atoms with E-state index in [0.29, 0.717) is 13.0 Å². The van der Waals surface area contributed by atoms with E-state index in [1.54, 1.807) is 6.92 Å². The van der Waals surface area contributed by atoms with Crippen LogP contribution in [0.1, 0.15) is 18.1 Å². The molecule has 0 aromatic heterocycles. The second-order valence-corrected chi connectivity index (χ2v) is 3.49. The molecule has 1 aromatic carbocycles. The lowest BCUT2D eigenvalue weighted by atomic mass is 10.1. The minimum Gasteiger partial charge on any atom is -0.393 e. The average molecular weight is 195 g/mol. The van der Waals surface area contributed by atoms with Gasteiger partial charge in [-0.05, 0) is 30.9 Å². The molecule has 1 aromatic rings. The fourth-order valence-electron chi connectivity index (χ4n) is 1.36. The zero-order valence-electron chi connectivity index (χ0n) is 8.44. The van der Waals surface area contributed by atoms with E-state index in [9.17, 15) is 5.11 Å². The molecule has 0 aliphatic rings. The van der Waals surface area contributed by atoms with E-state index in [0.717, 1.165) is 12.0 Å². The minimum absolute atomic E-state index is 0.284. The van der Waals surface area contributed by atoms with Gasteiger partial charge >= 0.3 is 0 Å². The van der Waals surface area contributed by atoms with Gasteiger partial charge in [-0.2, -0.15) is 0 Å². The highest BCUT2D eigenvalue weighted by molar-refractivity contribution is 5.23. The van der Waals surface area contributed by atoms with Gasteiger partial charge in [0, 0.05) is 0 Å². The second-order valence-electron chi connectivity index (χ2n) is 3.49. The van der Waals surface area contributed by atoms with Crippen molar-refractivity contribution in [2.75, 3.05) is 6.61 Å². The summed E-state index contributed by atoms with van der Waals surface area (Å²) in [4.78, 5) is 4.50. The Morgan fingerprint density at radius 1 is 1.29 bits per heavy atom. The molecule has 1 atom stereocenters. The summed E-state index contributed by atoms with van der Waals surface area (Å²) >= 11 is 0. The van der Waals surface area contributed by atoms with Crippen LogP contribution in [0.3, 0.4) is 0 Å². The molecule has 0 fully saturated rings. The number of hydrogen-bond acceptors (Lipinski definition) is 3. The van der Waals surface area contributed by atoms with Gasteiger partial charge in [-0.25, -0.2) is 5.90 Å². The Labute approximate surface area is 84.5 Å². The summed E-state index contributed by atoms with van der Waals surface area (Å²) < 4.78 is 0. The molecule has 0 aliphatic heterocycles. The van der Waals surface area contributed by atoms with E-state index in [1.165, 1.54) is 5.56 Å². The van der Waals surface area contributed by atoms with Crippen molar-refractivity contribution >= 4 is 0 Å². The Balaban J connectivity index is 2.50. The SMILES string of the molecule is CC(O)Cc1ccc(CCON)cc1. The molecule has 0 saturated carbocycles. The number of rotatable bonds is 5. The van der Waals surface area contributed by atoms with Crippen LogP contribution < -0.4 is 5.90 Å². The molecule has 0 aliphatic carbocycles. The first-order chi connectivity index (χ1) is 6.72. The first kappa shape index (κ1) is 11.2. The lowest BCUT2D eigenvalue weighted by Gasteiger charge is -2.05. The molecule has 0 saturated heterocycles. The molecule has 1 unspecified atom stereocenters. The van der Waals surface area contributed by atoms with Gasteiger partial charge in [0.05, 0.1) is 12.7 Å². The van der Waals surface area contributed by atoms with Gasteiger partial charge in [0.25, 0.3) is 0 Å². The summed E-state index contributed by atoms with van der Waals surface area (Å²) in [5, 5.41) is 9.18. The fourth-order valence-corrected chi connectivity index (χ4v) is 1.36. The number of aliphatic hydroxyl groups excluding tert-OH is 1. The van der Waals surface area contributed by atoms with Crippen LogP contribution >= 0.6 is 0 Å². The lowest BCUT2D eigenvalue weighted by Crippen LogP contribution is -2.05. The maximum atomic E-state index is 9.18. The third-order valence-corrected chi connectivity index (χ3v) is 2.06. The summed E-state index contributed by atoms with van der Waals surface area (Å²) in [6, 6.07) is 8.13. The average Bonchev–Trinajstić information content (AvgIpc) is 2.16. The first-order valence-electron chi connectivity index (χ1n) is 4.80. The number of nitrogens with two attached hydrogens (primary N) is 1. The minimum atomic E-state index is -0.284. The van der Waals surface area contributed by atoms with E-state index in [-0.39, 0.29) is 6.10 Å². The summed E-state index contributed by atoms with van der Waals surface area (Å²) in [5.41, 5.74) is 2.35. The number of hydrogen-bond donors (Lipinski definition) is 2. The topological polar surface area (TPSA) is 55.5 Å². The summed E-state index contributed by atoms with van der Waals surface area (Å²) in [6.07, 6.45) is 1.24. The van der Waals surface area contributed by atoms with Crippen LogP contribution in [0.5, 0.6) is 0 Å². The van der Waals surface area contributed by atoms with Gasteiger partial charge in [0.2, 0.25) is 0 Å². The van der Waals surface area contributed by atoms with Crippen molar-refractivity contribution in [3.05, 3.63) is 35.4 Å². The molecular weight excluding hydrogens is 178 g/mol. The Morgan fingerprint density at radius 3 is 2.36 bits per heavy atom. The van der Waals surface area contributed by atoms with Crippen LogP contribution in [-0.4, -0.2) is 17.8 Å². The van der Waals surface area contributed by atoms with Crippen molar-refractivity contribution in [3.63, 3.8) is 0 Å². The predicted molar refractivity (Wildman–Crippen MR) is 55.7 cm³/mol. The van der Waals surface area contributed by atoms with E-state index < -0.39 is 0 Å². The standard InChI is InChI=1S/C11H17NO2/c1-9(13)8-11-4-2-10(3-5-11)6-7-14-12/h2-5,9,13H,6-8,12H2,1H3. The molecular formula is C11H17NO2. The van der Waals surface area contributed by atoms with Gasteiger partial charge in [-0.15, -0.1) is 0 Å². The normalized spacial score (nSPS) is 12.8. The van der Waals surface area contributed by atoms with E-state index in [2.05, 4.69) is 4.84 Å². The van der Waals surface area contributed by atoms with Crippen molar-refractivity contribution in [2.45, 2.75) is 25.9 Å². The molecule has 14 heavy (non-hydrogen) atoms. The fraction of sp³-hybridized carbons (Fsp3) is 0.455. The number of aliphatic hydroxyl groups is 1. The summed E-state index contributed by atoms with van der Waals surface area (Å²) in [5.74, 6) is 4.94.